The van der Waals surface area contributed by atoms with Crippen LogP contribution < -0.4 is 10.5 Å². The van der Waals surface area contributed by atoms with Crippen molar-refractivity contribution in [2.75, 3.05) is 32.4 Å². The molecule has 0 radical (unpaired) electrons. The number of hydrogen-bond donors (Lipinski definition) is 2. The molecule has 1 aromatic rings. The van der Waals surface area contributed by atoms with E-state index in [0.717, 1.165) is 25.9 Å². The van der Waals surface area contributed by atoms with Crippen LogP contribution in [0.3, 0.4) is 0 Å². The second-order valence-electron chi connectivity index (χ2n) is 5.46. The molecule has 2 rings (SSSR count). The van der Waals surface area contributed by atoms with Crippen molar-refractivity contribution >= 4 is 15.7 Å². The molecule has 0 unspecified atom stereocenters. The van der Waals surface area contributed by atoms with E-state index in [1.54, 1.807) is 0 Å². The van der Waals surface area contributed by atoms with Gasteiger partial charge in [0.05, 0.1) is 17.3 Å². The molecule has 0 spiro atoms. The molecule has 6 nitrogen and oxygen atoms in total. The number of nitrogens with one attached hydrogen (secondary N) is 1. The fraction of sp³-hybridized carbons (Fsp3) is 0.500. The van der Waals surface area contributed by atoms with E-state index in [1.165, 1.54) is 18.2 Å². The molecule has 0 saturated carbocycles. The van der Waals surface area contributed by atoms with E-state index in [2.05, 4.69) is 16.7 Å². The smallest absolute Gasteiger partial charge is 0.242 e. The predicted octanol–water partition coefficient (Wildman–Crippen LogP) is 0.761. The molecule has 0 bridgehead atoms. The van der Waals surface area contributed by atoms with Gasteiger partial charge in [-0.1, -0.05) is 0 Å². The summed E-state index contributed by atoms with van der Waals surface area (Å²) in [7, 11) is -1.56. The molecule has 3 N–H and O–H groups in total. The SMILES string of the molecule is CN1CCC(CNS(=O)(=O)c2ccc(C#N)cc2N)CC1. The lowest BCUT2D eigenvalue weighted by atomic mass is 9.98. The summed E-state index contributed by atoms with van der Waals surface area (Å²) in [6.07, 6.45) is 1.98. The molecule has 1 heterocycles. The van der Waals surface area contributed by atoms with Crippen LogP contribution in [0.25, 0.3) is 0 Å². The Kier molecular flexibility index (Phi) is 4.83. The fourth-order valence-corrected chi connectivity index (χ4v) is 3.66. The van der Waals surface area contributed by atoms with Crippen LogP contribution in [-0.2, 0) is 10.0 Å². The standard InChI is InChI=1S/C14H20N4O2S/c1-18-6-4-11(5-7-18)10-17-21(19,20)14-3-2-12(9-15)8-13(14)16/h2-3,8,11,17H,4-7,10,16H2,1H3. The summed E-state index contributed by atoms with van der Waals surface area (Å²) in [5.41, 5.74) is 6.18. The zero-order valence-corrected chi connectivity index (χ0v) is 12.9. The number of likely N-dealkylation sites (tertiary alicyclic amines) is 1. The zero-order chi connectivity index (χ0) is 15.5. The number of nitrogens with two attached hydrogens (primary N) is 1. The number of piperidine rings is 1. The Balaban J connectivity index is 2.03. The summed E-state index contributed by atoms with van der Waals surface area (Å²) in [6, 6.07) is 6.15. The van der Waals surface area contributed by atoms with E-state index >= 15 is 0 Å². The monoisotopic (exact) mass is 308 g/mol. The Morgan fingerprint density at radius 3 is 2.67 bits per heavy atom. The maximum absolute atomic E-state index is 12.3. The third-order valence-electron chi connectivity index (χ3n) is 3.83. The van der Waals surface area contributed by atoms with Gasteiger partial charge in [0.2, 0.25) is 10.0 Å². The van der Waals surface area contributed by atoms with Gasteiger partial charge in [-0.2, -0.15) is 5.26 Å². The molecule has 0 atom stereocenters. The summed E-state index contributed by atoms with van der Waals surface area (Å²) >= 11 is 0. The molecule has 1 fully saturated rings. The maximum Gasteiger partial charge on any atom is 0.242 e. The van der Waals surface area contributed by atoms with Crippen LogP contribution in [0.15, 0.2) is 23.1 Å². The Morgan fingerprint density at radius 2 is 2.10 bits per heavy atom. The van der Waals surface area contributed by atoms with Crippen LogP contribution in [0.2, 0.25) is 0 Å². The lowest BCUT2D eigenvalue weighted by Gasteiger charge is -2.28. The number of nitrogen functional groups attached to an aromatic ring is 1. The van der Waals surface area contributed by atoms with Crippen LogP contribution >= 0.6 is 0 Å². The van der Waals surface area contributed by atoms with E-state index in [1.807, 2.05) is 6.07 Å². The van der Waals surface area contributed by atoms with Crippen molar-refractivity contribution in [3.63, 3.8) is 0 Å². The molecule has 0 amide bonds. The Bertz CT molecular complexity index is 643. The van der Waals surface area contributed by atoms with Crippen LogP contribution in [0.4, 0.5) is 5.69 Å². The van der Waals surface area contributed by atoms with E-state index in [0.29, 0.717) is 18.0 Å². The normalized spacial score (nSPS) is 17.5. The van der Waals surface area contributed by atoms with Crippen molar-refractivity contribution in [3.05, 3.63) is 23.8 Å². The predicted molar refractivity (Wildman–Crippen MR) is 81.0 cm³/mol. The van der Waals surface area contributed by atoms with E-state index in [-0.39, 0.29) is 10.6 Å². The highest BCUT2D eigenvalue weighted by Crippen LogP contribution is 2.21. The fourth-order valence-electron chi connectivity index (χ4n) is 2.43. The van der Waals surface area contributed by atoms with Crippen LogP contribution in [0.5, 0.6) is 0 Å². The Morgan fingerprint density at radius 1 is 1.43 bits per heavy atom. The minimum absolute atomic E-state index is 0.0365. The Hall–Kier alpha value is -1.62. The first-order valence-electron chi connectivity index (χ1n) is 6.90. The van der Waals surface area contributed by atoms with E-state index < -0.39 is 10.0 Å². The molecule has 0 aromatic heterocycles. The molecule has 1 aliphatic heterocycles. The highest BCUT2D eigenvalue weighted by atomic mass is 32.2. The number of rotatable bonds is 4. The van der Waals surface area contributed by atoms with Gasteiger partial charge in [-0.05, 0) is 57.1 Å². The third-order valence-corrected chi connectivity index (χ3v) is 5.33. The lowest BCUT2D eigenvalue weighted by Crippen LogP contribution is -2.37. The number of anilines is 1. The zero-order valence-electron chi connectivity index (χ0n) is 12.0. The summed E-state index contributed by atoms with van der Waals surface area (Å²) < 4.78 is 27.2. The minimum atomic E-state index is -3.63. The van der Waals surface area contributed by atoms with Crippen molar-refractivity contribution < 1.29 is 8.42 Å². The molecule has 1 aromatic carbocycles. The number of nitriles is 1. The molecule has 7 heteroatoms. The topological polar surface area (TPSA) is 99.2 Å². The van der Waals surface area contributed by atoms with Gasteiger partial charge >= 0.3 is 0 Å². The van der Waals surface area contributed by atoms with Crippen LogP contribution in [0.1, 0.15) is 18.4 Å². The first-order chi connectivity index (χ1) is 9.92. The Labute approximate surface area is 125 Å². The average molecular weight is 308 g/mol. The third kappa shape index (κ3) is 3.94. The van der Waals surface area contributed by atoms with Gasteiger partial charge < -0.3 is 10.6 Å². The second kappa shape index (κ2) is 6.43. The molecule has 1 aliphatic rings. The molecular formula is C14H20N4O2S. The van der Waals surface area contributed by atoms with Gasteiger partial charge in [-0.3, -0.25) is 0 Å². The second-order valence-corrected chi connectivity index (χ2v) is 7.20. The molecule has 1 saturated heterocycles. The van der Waals surface area contributed by atoms with Gasteiger partial charge in [-0.25, -0.2) is 13.1 Å². The van der Waals surface area contributed by atoms with Crippen LogP contribution in [0, 0.1) is 17.2 Å². The van der Waals surface area contributed by atoms with Crippen molar-refractivity contribution in [1.29, 1.82) is 5.26 Å². The van der Waals surface area contributed by atoms with Gasteiger partial charge in [-0.15, -0.1) is 0 Å². The quantitative estimate of drug-likeness (QED) is 0.800. The van der Waals surface area contributed by atoms with E-state index in [9.17, 15) is 8.42 Å². The maximum atomic E-state index is 12.3. The number of sulfonamides is 1. The first-order valence-corrected chi connectivity index (χ1v) is 8.38. The lowest BCUT2D eigenvalue weighted by molar-refractivity contribution is 0.220. The summed E-state index contributed by atoms with van der Waals surface area (Å²) in [6.45, 7) is 2.41. The summed E-state index contributed by atoms with van der Waals surface area (Å²) in [4.78, 5) is 2.28. The summed E-state index contributed by atoms with van der Waals surface area (Å²) in [5.74, 6) is 0.357. The minimum Gasteiger partial charge on any atom is -0.398 e. The van der Waals surface area contributed by atoms with Crippen molar-refractivity contribution in [2.45, 2.75) is 17.7 Å². The van der Waals surface area contributed by atoms with Crippen molar-refractivity contribution in [2.24, 2.45) is 5.92 Å². The molecule has 21 heavy (non-hydrogen) atoms. The highest BCUT2D eigenvalue weighted by Gasteiger charge is 2.22. The molecular weight excluding hydrogens is 288 g/mol. The van der Waals surface area contributed by atoms with Crippen LogP contribution in [-0.4, -0.2) is 40.0 Å². The highest BCUT2D eigenvalue weighted by molar-refractivity contribution is 7.89. The van der Waals surface area contributed by atoms with Gasteiger partial charge in [0.15, 0.2) is 0 Å². The van der Waals surface area contributed by atoms with Gasteiger partial charge in [0, 0.05) is 6.54 Å². The van der Waals surface area contributed by atoms with Crippen molar-refractivity contribution in [3.8, 4) is 6.07 Å². The van der Waals surface area contributed by atoms with Gasteiger partial charge in [0.25, 0.3) is 0 Å². The molecule has 0 aliphatic carbocycles. The average Bonchev–Trinajstić information content (AvgIpc) is 2.46. The number of nitrogens with zero attached hydrogens (tertiary/aromatic N) is 2. The summed E-state index contributed by atoms with van der Waals surface area (Å²) in [5, 5.41) is 8.78. The van der Waals surface area contributed by atoms with Crippen molar-refractivity contribution in [1.82, 2.24) is 9.62 Å². The number of benzene rings is 1. The largest absolute Gasteiger partial charge is 0.398 e. The first kappa shape index (κ1) is 15.8. The molecule has 114 valence electrons. The van der Waals surface area contributed by atoms with E-state index in [4.69, 9.17) is 11.0 Å². The van der Waals surface area contributed by atoms with Gasteiger partial charge in [0.1, 0.15) is 4.90 Å². The number of hydrogen-bond acceptors (Lipinski definition) is 5.